The number of carbonyl (C=O) groups is 1. The Bertz CT molecular complexity index is 867. The van der Waals surface area contributed by atoms with Crippen LogP contribution in [0.1, 0.15) is 20.1 Å². The third kappa shape index (κ3) is 4.91. The Hall–Kier alpha value is -1.40. The van der Waals surface area contributed by atoms with E-state index in [1.807, 2.05) is 0 Å². The Morgan fingerprint density at radius 2 is 2.22 bits per heavy atom. The number of hydrogen-bond donors (Lipinski definition) is 5. The number of aliphatic hydroxyl groups is 2. The number of aliphatic hydroxyl groups excluding tert-OH is 1. The van der Waals surface area contributed by atoms with E-state index >= 15 is 0 Å². The van der Waals surface area contributed by atoms with Crippen LogP contribution < -0.4 is 5.56 Å². The fourth-order valence-electron chi connectivity index (χ4n) is 2.66. The van der Waals surface area contributed by atoms with Crippen LogP contribution in [0.25, 0.3) is 0 Å². The molecule has 5 N–H and O–H groups in total. The van der Waals surface area contributed by atoms with E-state index in [1.165, 1.54) is 24.6 Å². The third-order valence-electron chi connectivity index (χ3n) is 4.23. The summed E-state index contributed by atoms with van der Waals surface area (Å²) in [6.07, 6.45) is -3.23. The first-order chi connectivity index (χ1) is 12.3. The molecular formula is C14H21N2O9PS. The molecule has 0 radical (unpaired) electrons. The molecular weight excluding hydrogens is 403 g/mol. The van der Waals surface area contributed by atoms with Crippen LogP contribution in [0.5, 0.6) is 0 Å². The average molecular weight is 424 g/mol. The molecule has 1 fully saturated rings. The van der Waals surface area contributed by atoms with E-state index in [2.05, 4.69) is 4.98 Å². The zero-order valence-corrected chi connectivity index (χ0v) is 16.2. The molecule has 13 heteroatoms. The fraction of sp³-hybridized carbons (Fsp3) is 0.643. The number of hydrogen-bond acceptors (Lipinski definition) is 8. The maximum Gasteiger partial charge on any atom is 0.329 e. The predicted octanol–water partition coefficient (Wildman–Crippen LogP) is -0.162. The Labute approximate surface area is 158 Å². The van der Waals surface area contributed by atoms with Gasteiger partial charge in [0.1, 0.15) is 17.8 Å². The molecule has 0 bridgehead atoms. The minimum Gasteiger partial charge on any atom is -0.481 e. The number of carboxylic acids is 1. The van der Waals surface area contributed by atoms with E-state index in [-0.39, 0.29) is 4.77 Å². The molecule has 1 aromatic heterocycles. The van der Waals surface area contributed by atoms with Crippen molar-refractivity contribution >= 4 is 25.8 Å². The van der Waals surface area contributed by atoms with Gasteiger partial charge in [0, 0.05) is 12.3 Å². The number of aromatic amines is 1. The number of H-pyrrole nitrogens is 1. The highest BCUT2D eigenvalue weighted by Crippen LogP contribution is 2.46. The van der Waals surface area contributed by atoms with E-state index in [0.717, 1.165) is 6.07 Å². The highest BCUT2D eigenvalue weighted by Gasteiger charge is 2.53. The van der Waals surface area contributed by atoms with Crippen LogP contribution >= 0.6 is 19.8 Å². The van der Waals surface area contributed by atoms with Gasteiger partial charge in [0.05, 0.1) is 18.7 Å². The maximum absolute atomic E-state index is 12.0. The van der Waals surface area contributed by atoms with Crippen LogP contribution in [0.4, 0.5) is 0 Å². The summed E-state index contributed by atoms with van der Waals surface area (Å²) in [6, 6.07) is 1.15. The molecule has 0 amide bonds. The molecule has 27 heavy (non-hydrogen) atoms. The first kappa shape index (κ1) is 21.9. The lowest BCUT2D eigenvalue weighted by molar-refractivity contribution is -0.140. The molecule has 2 unspecified atom stereocenters. The largest absolute Gasteiger partial charge is 0.481 e. The lowest BCUT2D eigenvalue weighted by Crippen LogP contribution is -2.44. The summed E-state index contributed by atoms with van der Waals surface area (Å²) >= 11 is 5.02. The molecule has 1 aliphatic rings. The summed E-state index contributed by atoms with van der Waals surface area (Å²) in [4.78, 5) is 34.2. The minimum absolute atomic E-state index is 0.0512. The zero-order valence-electron chi connectivity index (χ0n) is 14.5. The van der Waals surface area contributed by atoms with Gasteiger partial charge in [-0.15, -0.1) is 0 Å². The number of carboxylic acid groups (broad SMARTS) is 1. The molecule has 2 heterocycles. The summed E-state index contributed by atoms with van der Waals surface area (Å²) in [6.45, 7) is 1.97. The topological polar surface area (TPSA) is 171 Å². The van der Waals surface area contributed by atoms with Crippen molar-refractivity contribution in [2.45, 2.75) is 37.9 Å². The first-order valence-electron chi connectivity index (χ1n) is 7.91. The Kier molecular flexibility index (Phi) is 6.42. The number of aliphatic carboxylic acids is 1. The number of ether oxygens (including phenoxy) is 1. The van der Waals surface area contributed by atoms with Crippen molar-refractivity contribution in [1.29, 1.82) is 0 Å². The highest BCUT2D eigenvalue weighted by atomic mass is 32.1. The van der Waals surface area contributed by atoms with Gasteiger partial charge in [-0.3, -0.25) is 23.7 Å². The summed E-state index contributed by atoms with van der Waals surface area (Å²) < 4.78 is 23.6. The van der Waals surface area contributed by atoms with Crippen LogP contribution in [-0.2, 0) is 18.6 Å². The van der Waals surface area contributed by atoms with E-state index < -0.39 is 61.8 Å². The second-order valence-corrected chi connectivity index (χ2v) is 8.86. The van der Waals surface area contributed by atoms with Gasteiger partial charge in [0.2, 0.25) is 0 Å². The molecule has 1 saturated heterocycles. The molecule has 0 saturated carbocycles. The van der Waals surface area contributed by atoms with Crippen molar-refractivity contribution in [3.8, 4) is 0 Å². The molecule has 6 atom stereocenters. The van der Waals surface area contributed by atoms with Gasteiger partial charge in [-0.05, 0) is 19.1 Å². The Morgan fingerprint density at radius 3 is 2.78 bits per heavy atom. The second kappa shape index (κ2) is 7.92. The van der Waals surface area contributed by atoms with Gasteiger partial charge >= 0.3 is 13.6 Å². The number of aromatic nitrogens is 2. The van der Waals surface area contributed by atoms with Gasteiger partial charge in [-0.25, -0.2) is 0 Å². The predicted molar refractivity (Wildman–Crippen MR) is 93.9 cm³/mol. The van der Waals surface area contributed by atoms with Crippen molar-refractivity contribution in [2.24, 2.45) is 5.92 Å². The molecule has 1 aromatic rings. The average Bonchev–Trinajstić information content (AvgIpc) is 2.76. The van der Waals surface area contributed by atoms with E-state index in [0.29, 0.717) is 0 Å². The van der Waals surface area contributed by atoms with Crippen LogP contribution in [0.2, 0.25) is 0 Å². The maximum atomic E-state index is 12.0. The van der Waals surface area contributed by atoms with Crippen molar-refractivity contribution in [3.05, 3.63) is 27.4 Å². The summed E-state index contributed by atoms with van der Waals surface area (Å²) in [5, 5.41) is 29.7. The highest BCUT2D eigenvalue weighted by molar-refractivity contribution is 7.71. The van der Waals surface area contributed by atoms with Crippen molar-refractivity contribution in [2.75, 3.05) is 12.8 Å². The molecule has 0 spiro atoms. The smallest absolute Gasteiger partial charge is 0.329 e. The Balaban J connectivity index is 2.14. The lowest BCUT2D eigenvalue weighted by atomic mass is 9.96. The van der Waals surface area contributed by atoms with Gasteiger partial charge in [0.25, 0.3) is 5.56 Å². The van der Waals surface area contributed by atoms with Crippen LogP contribution in [-0.4, -0.2) is 66.3 Å². The van der Waals surface area contributed by atoms with Crippen LogP contribution in [0.3, 0.4) is 0 Å². The molecule has 152 valence electrons. The van der Waals surface area contributed by atoms with Crippen molar-refractivity contribution in [1.82, 2.24) is 9.55 Å². The summed E-state index contributed by atoms with van der Waals surface area (Å²) in [5.74, 6) is -2.36. The number of nitrogens with one attached hydrogen (secondary N) is 1. The molecule has 11 nitrogen and oxygen atoms in total. The van der Waals surface area contributed by atoms with E-state index in [9.17, 15) is 29.3 Å². The zero-order chi connectivity index (χ0) is 20.6. The normalized spacial score (nSPS) is 31.4. The summed E-state index contributed by atoms with van der Waals surface area (Å²) in [7, 11) is -4.26. The standard InChI is InChI=1S/C14H21N2O9PS/c1-7(11(19)20)6-26(22,23)24-5-8-10(18)14(2,21)12(25-8)16-4-3-9(17)15-13(16)27/h3-4,7-8,10,12,18,21H,5-6H2,1-2H3,(H,19,20)(H,22,23)(H,15,17,27)/t7-,8-,10+,12-,14?/m1/s1. The third-order valence-corrected chi connectivity index (χ3v) is 6.10. The monoisotopic (exact) mass is 424 g/mol. The van der Waals surface area contributed by atoms with E-state index in [1.54, 1.807) is 0 Å². The molecule has 0 aliphatic carbocycles. The number of rotatable bonds is 7. The SMILES string of the molecule is C[C@H](CP(=O)(O)OC[C@H]1O[C@@H](n2ccc(=O)[nH]c2=S)C(C)(O)[C@H]1O)C(=O)O. The van der Waals surface area contributed by atoms with Gasteiger partial charge in [-0.1, -0.05) is 6.92 Å². The van der Waals surface area contributed by atoms with Gasteiger partial charge < -0.3 is 29.5 Å². The molecule has 0 aromatic carbocycles. The minimum atomic E-state index is -4.26. The number of nitrogens with zero attached hydrogens (tertiary/aromatic N) is 1. The lowest BCUT2D eigenvalue weighted by Gasteiger charge is -2.28. The molecule has 2 rings (SSSR count). The Morgan fingerprint density at radius 1 is 1.59 bits per heavy atom. The molecule has 1 aliphatic heterocycles. The van der Waals surface area contributed by atoms with Gasteiger partial charge in [-0.2, -0.15) is 0 Å². The quantitative estimate of drug-likeness (QED) is 0.292. The van der Waals surface area contributed by atoms with Crippen LogP contribution in [0.15, 0.2) is 17.1 Å². The van der Waals surface area contributed by atoms with Crippen LogP contribution in [0, 0.1) is 10.7 Å². The van der Waals surface area contributed by atoms with Gasteiger partial charge in [0.15, 0.2) is 11.0 Å². The second-order valence-electron chi connectivity index (χ2n) is 6.57. The fourth-order valence-corrected chi connectivity index (χ4v) is 4.25. The first-order valence-corrected chi connectivity index (χ1v) is 10.1. The van der Waals surface area contributed by atoms with E-state index in [4.69, 9.17) is 26.6 Å². The summed E-state index contributed by atoms with van der Waals surface area (Å²) in [5.41, 5.74) is -2.30. The van der Waals surface area contributed by atoms with Crippen molar-refractivity contribution < 1.29 is 38.8 Å². The van der Waals surface area contributed by atoms with Crippen molar-refractivity contribution in [3.63, 3.8) is 0 Å².